The Morgan fingerprint density at radius 3 is 0.942 bits per heavy atom. The van der Waals surface area contributed by atoms with Gasteiger partial charge in [0.05, 0.1) is 0 Å². The van der Waals surface area contributed by atoms with E-state index in [9.17, 15) is 14.4 Å². The smallest absolute Gasteiger partial charge is 0.306 e. The normalized spacial score (nSPS) is 12.9. The number of ether oxygens (including phenoxy) is 3. The van der Waals surface area contributed by atoms with Crippen molar-refractivity contribution >= 4 is 17.9 Å². The summed E-state index contributed by atoms with van der Waals surface area (Å²) in [7, 11) is 0. The quantitative estimate of drug-likeness (QED) is 0.0262. The van der Waals surface area contributed by atoms with Gasteiger partial charge in [0, 0.05) is 19.3 Å². The van der Waals surface area contributed by atoms with E-state index in [1.165, 1.54) is 141 Å². The second-order valence-corrected chi connectivity index (χ2v) is 18.7. The van der Waals surface area contributed by atoms with Gasteiger partial charge in [0.1, 0.15) is 13.2 Å². The van der Waals surface area contributed by atoms with E-state index < -0.39 is 6.10 Å². The van der Waals surface area contributed by atoms with Crippen molar-refractivity contribution in [3.8, 4) is 0 Å². The maximum atomic E-state index is 12.9. The first-order chi connectivity index (χ1) is 34.0. The average Bonchev–Trinajstić information content (AvgIpc) is 3.35. The van der Waals surface area contributed by atoms with Crippen molar-refractivity contribution in [3.63, 3.8) is 0 Å². The number of hydrogen-bond acceptors (Lipinski definition) is 6. The molecule has 0 rings (SSSR count). The molecular formula is C63H104O6. The Morgan fingerprint density at radius 2 is 0.565 bits per heavy atom. The number of carbonyl (C=O) groups excluding carboxylic acids is 3. The Balaban J connectivity index is 4.48. The fraction of sp³-hybridized carbons (Fsp3) is 0.667. The largest absolute Gasteiger partial charge is 0.462 e. The highest BCUT2D eigenvalue weighted by Gasteiger charge is 2.19. The molecule has 0 aromatic carbocycles. The van der Waals surface area contributed by atoms with E-state index >= 15 is 0 Å². The number of rotatable bonds is 50. The van der Waals surface area contributed by atoms with Crippen molar-refractivity contribution in [3.05, 3.63) is 109 Å². The topological polar surface area (TPSA) is 78.9 Å². The summed E-state index contributed by atoms with van der Waals surface area (Å²) in [6.07, 6.45) is 76.4. The molecular weight excluding hydrogens is 853 g/mol. The molecule has 0 saturated heterocycles. The molecule has 0 heterocycles. The minimum atomic E-state index is -0.800. The molecule has 0 spiro atoms. The third-order valence-electron chi connectivity index (χ3n) is 12.0. The lowest BCUT2D eigenvalue weighted by molar-refractivity contribution is -0.167. The molecule has 6 heteroatoms. The highest BCUT2D eigenvalue weighted by molar-refractivity contribution is 5.71. The van der Waals surface area contributed by atoms with Gasteiger partial charge < -0.3 is 14.2 Å². The fourth-order valence-electron chi connectivity index (χ4n) is 7.71. The number of allylic oxidation sites excluding steroid dienone is 18. The zero-order chi connectivity index (χ0) is 50.0. The van der Waals surface area contributed by atoms with E-state index in [0.29, 0.717) is 19.3 Å². The lowest BCUT2D eigenvalue weighted by Crippen LogP contribution is -2.30. The predicted molar refractivity (Wildman–Crippen MR) is 297 cm³/mol. The maximum Gasteiger partial charge on any atom is 0.306 e. The van der Waals surface area contributed by atoms with Gasteiger partial charge in [-0.15, -0.1) is 0 Å². The molecule has 1 unspecified atom stereocenters. The van der Waals surface area contributed by atoms with E-state index in [1.54, 1.807) is 0 Å². The maximum absolute atomic E-state index is 12.9. The van der Waals surface area contributed by atoms with Crippen LogP contribution in [0.1, 0.15) is 252 Å². The lowest BCUT2D eigenvalue weighted by Gasteiger charge is -2.18. The van der Waals surface area contributed by atoms with Gasteiger partial charge in [-0.3, -0.25) is 14.4 Å². The summed E-state index contributed by atoms with van der Waals surface area (Å²) in [5, 5.41) is 0. The molecule has 0 aromatic heterocycles. The van der Waals surface area contributed by atoms with Gasteiger partial charge in [-0.05, 0) is 64.2 Å². The van der Waals surface area contributed by atoms with E-state index in [4.69, 9.17) is 14.2 Å². The fourth-order valence-corrected chi connectivity index (χ4v) is 7.71. The lowest BCUT2D eigenvalue weighted by atomic mass is 10.0. The van der Waals surface area contributed by atoms with Crippen molar-refractivity contribution in [1.82, 2.24) is 0 Å². The molecule has 0 aliphatic carbocycles. The Morgan fingerprint density at radius 1 is 0.304 bits per heavy atom. The molecule has 6 nitrogen and oxygen atoms in total. The Bertz CT molecular complexity index is 1420. The standard InChI is InChI=1S/C63H104O6/c1-4-7-10-13-16-19-22-25-27-29-31-33-35-38-41-44-47-50-53-56-62(65)68-59-60(58-67-61(64)55-52-49-46-43-40-37-24-21-18-15-12-9-6-3)69-63(66)57-54-51-48-45-42-39-36-34-32-30-28-26-23-20-17-14-11-8-5-2/h7,10,13,16-17,19-20,22-23,25-27,29,31,33,35,38,41,60H,4-6,8-9,11-12,14-15,18,21,24,28,30,32,34,36-37,39-40,42-59H2,1-3H3/b10-7-,16-13-,20-17-,22-19-,26-23-,27-25-,31-29+,35-33-,41-38-. The van der Waals surface area contributed by atoms with Crippen LogP contribution in [0.4, 0.5) is 0 Å². The van der Waals surface area contributed by atoms with Crippen molar-refractivity contribution in [2.24, 2.45) is 0 Å². The minimum absolute atomic E-state index is 0.0939. The monoisotopic (exact) mass is 957 g/mol. The number of unbranched alkanes of at least 4 members (excludes halogenated alkanes) is 28. The minimum Gasteiger partial charge on any atom is -0.462 e. The molecule has 0 aliphatic rings. The first-order valence-corrected chi connectivity index (χ1v) is 28.5. The Hall–Kier alpha value is -3.93. The van der Waals surface area contributed by atoms with Crippen LogP contribution in [0.25, 0.3) is 0 Å². The van der Waals surface area contributed by atoms with Crippen molar-refractivity contribution in [2.45, 2.75) is 258 Å². The molecule has 0 bridgehead atoms. The van der Waals surface area contributed by atoms with Crippen LogP contribution < -0.4 is 0 Å². The molecule has 0 aliphatic heterocycles. The number of esters is 3. The molecule has 0 N–H and O–H groups in total. The highest BCUT2D eigenvalue weighted by atomic mass is 16.6. The van der Waals surface area contributed by atoms with Gasteiger partial charge in [-0.1, -0.05) is 278 Å². The summed E-state index contributed by atoms with van der Waals surface area (Å²) in [5.74, 6) is -0.941. The zero-order valence-electron chi connectivity index (χ0n) is 44.8. The number of hydrogen-bond donors (Lipinski definition) is 0. The molecule has 1 atom stereocenters. The van der Waals surface area contributed by atoms with Gasteiger partial charge in [-0.2, -0.15) is 0 Å². The van der Waals surface area contributed by atoms with Crippen LogP contribution in [0, 0.1) is 0 Å². The van der Waals surface area contributed by atoms with Crippen LogP contribution in [-0.2, 0) is 28.6 Å². The predicted octanol–water partition coefficient (Wildman–Crippen LogP) is 19.1. The van der Waals surface area contributed by atoms with Crippen LogP contribution in [0.5, 0.6) is 0 Å². The molecule has 392 valence electrons. The third kappa shape index (κ3) is 54.9. The van der Waals surface area contributed by atoms with E-state index in [1.807, 2.05) is 72.9 Å². The van der Waals surface area contributed by atoms with E-state index in [-0.39, 0.29) is 31.1 Å². The van der Waals surface area contributed by atoms with E-state index in [2.05, 4.69) is 57.2 Å². The second kappa shape index (κ2) is 56.7. The van der Waals surface area contributed by atoms with Gasteiger partial charge in [0.2, 0.25) is 0 Å². The van der Waals surface area contributed by atoms with Crippen LogP contribution in [0.2, 0.25) is 0 Å². The van der Waals surface area contributed by atoms with Crippen LogP contribution in [0.15, 0.2) is 109 Å². The van der Waals surface area contributed by atoms with Crippen molar-refractivity contribution < 1.29 is 28.6 Å². The SMILES string of the molecule is CC\C=C/C=C\C=C/C=C\C=C\C=C/C=C\CCCCCC(=O)OCC(COC(=O)CCCCCCCCCCCCCCC)OC(=O)CCCCCCCCCCCC/C=C\C=C/CCCCC. The average molecular weight is 958 g/mol. The second-order valence-electron chi connectivity index (χ2n) is 18.7. The van der Waals surface area contributed by atoms with Crippen LogP contribution in [-0.4, -0.2) is 37.2 Å². The molecule has 0 fully saturated rings. The van der Waals surface area contributed by atoms with Crippen LogP contribution in [0.3, 0.4) is 0 Å². The molecule has 0 aromatic rings. The molecule has 69 heavy (non-hydrogen) atoms. The van der Waals surface area contributed by atoms with Gasteiger partial charge in [0.15, 0.2) is 6.10 Å². The first-order valence-electron chi connectivity index (χ1n) is 28.5. The van der Waals surface area contributed by atoms with Crippen molar-refractivity contribution in [2.75, 3.05) is 13.2 Å². The summed E-state index contributed by atoms with van der Waals surface area (Å²) in [6.45, 7) is 6.43. The first kappa shape index (κ1) is 65.1. The summed E-state index contributed by atoms with van der Waals surface area (Å²) in [5.41, 5.74) is 0. The third-order valence-corrected chi connectivity index (χ3v) is 12.0. The van der Waals surface area contributed by atoms with Crippen molar-refractivity contribution in [1.29, 1.82) is 0 Å². The zero-order valence-corrected chi connectivity index (χ0v) is 44.8. The summed E-state index contributed by atoms with van der Waals surface area (Å²) >= 11 is 0. The van der Waals surface area contributed by atoms with Gasteiger partial charge >= 0.3 is 17.9 Å². The summed E-state index contributed by atoms with van der Waals surface area (Å²) in [4.78, 5) is 38.1. The molecule has 0 amide bonds. The molecule has 0 saturated carbocycles. The van der Waals surface area contributed by atoms with Crippen LogP contribution >= 0.6 is 0 Å². The van der Waals surface area contributed by atoms with Gasteiger partial charge in [-0.25, -0.2) is 0 Å². The highest BCUT2D eigenvalue weighted by Crippen LogP contribution is 2.15. The Labute approximate surface area is 425 Å². The van der Waals surface area contributed by atoms with Gasteiger partial charge in [0.25, 0.3) is 0 Å². The number of carbonyl (C=O) groups is 3. The summed E-state index contributed by atoms with van der Waals surface area (Å²) < 4.78 is 16.8. The Kier molecular flexibility index (Phi) is 53.4. The molecule has 0 radical (unpaired) electrons. The van der Waals surface area contributed by atoms with E-state index in [0.717, 1.165) is 70.6 Å². The summed E-state index contributed by atoms with van der Waals surface area (Å²) in [6, 6.07) is 0.